The Morgan fingerprint density at radius 3 is 2.21 bits per heavy atom. The number of phenolic OH excluding ortho intramolecular Hbond substituents is 1. The fourth-order valence-electron chi connectivity index (χ4n) is 5.72. The summed E-state index contributed by atoms with van der Waals surface area (Å²) in [5.41, 5.74) is 0.0814. The van der Waals surface area contributed by atoms with Crippen LogP contribution in [0.25, 0.3) is 10.9 Å². The molecule has 8 N–H and O–H groups in total. The van der Waals surface area contributed by atoms with Crippen molar-refractivity contribution in [1.29, 1.82) is 0 Å². The first-order chi connectivity index (χ1) is 23.1. The molecule has 0 aliphatic carbocycles. The van der Waals surface area contributed by atoms with Gasteiger partial charge in [0.2, 0.25) is 0 Å². The topological polar surface area (TPSA) is 247 Å². The molecule has 48 heavy (non-hydrogen) atoms. The summed E-state index contributed by atoms with van der Waals surface area (Å²) >= 11 is 0. The standard InChI is InChI=1S/C32H46N2O14/c1-44-22(38)11-6-4-2-3-5-7-14-45-31-24(34-30(43)18-13-12-17-9-8-10-19(37)23(17)33-18)29(26(40)21(16-36)46-31)48-32-28(42)27(41)25(39)20(15-35)47-32/h8-10,12-13,20-21,24-29,31-32,35-37,39-42H,2-7,11,14-16H2,1H3,(H,34,43)/t20?,21?,24?,25-,26+,27?,28?,29?,31-,32?/m1/s1. The minimum atomic E-state index is -1.82. The summed E-state index contributed by atoms with van der Waals surface area (Å²) in [6.07, 6.45) is -8.80. The van der Waals surface area contributed by atoms with Gasteiger partial charge in [-0.15, -0.1) is 0 Å². The predicted octanol–water partition coefficient (Wildman–Crippen LogP) is -0.778. The van der Waals surface area contributed by atoms with Crippen LogP contribution in [-0.4, -0.2) is 141 Å². The van der Waals surface area contributed by atoms with Crippen molar-refractivity contribution in [3.8, 4) is 5.75 Å². The van der Waals surface area contributed by atoms with Crippen molar-refractivity contribution >= 4 is 22.8 Å². The molecule has 10 atom stereocenters. The van der Waals surface area contributed by atoms with Crippen LogP contribution in [0.1, 0.15) is 55.4 Å². The number of ether oxygens (including phenoxy) is 5. The number of phenols is 1. The highest BCUT2D eigenvalue weighted by atomic mass is 16.7. The largest absolute Gasteiger partial charge is 0.506 e. The maximum absolute atomic E-state index is 13.6. The van der Waals surface area contributed by atoms with Gasteiger partial charge in [-0.3, -0.25) is 9.59 Å². The first kappa shape index (κ1) is 37.8. The van der Waals surface area contributed by atoms with Crippen LogP contribution >= 0.6 is 0 Å². The molecule has 4 rings (SSSR count). The number of benzene rings is 1. The van der Waals surface area contributed by atoms with E-state index >= 15 is 0 Å². The van der Waals surface area contributed by atoms with Gasteiger partial charge in [-0.05, 0) is 25.0 Å². The molecule has 268 valence electrons. The van der Waals surface area contributed by atoms with E-state index in [1.807, 2.05) is 0 Å². The number of amides is 1. The van der Waals surface area contributed by atoms with Crippen LogP contribution in [0.4, 0.5) is 0 Å². The van der Waals surface area contributed by atoms with Crippen molar-refractivity contribution in [1.82, 2.24) is 10.3 Å². The summed E-state index contributed by atoms with van der Waals surface area (Å²) in [5, 5.41) is 75.6. The zero-order valence-electron chi connectivity index (χ0n) is 26.7. The number of aliphatic hydroxyl groups excluding tert-OH is 6. The molecule has 1 aromatic heterocycles. The maximum Gasteiger partial charge on any atom is 0.305 e. The van der Waals surface area contributed by atoms with Crippen molar-refractivity contribution < 1.29 is 69.0 Å². The molecule has 3 heterocycles. The Bertz CT molecular complexity index is 1330. The first-order valence-electron chi connectivity index (χ1n) is 16.1. The molecule has 0 radical (unpaired) electrons. The third-order valence-electron chi connectivity index (χ3n) is 8.51. The molecule has 1 amide bonds. The van der Waals surface area contributed by atoms with Gasteiger partial charge in [-0.25, -0.2) is 4.98 Å². The highest BCUT2D eigenvalue weighted by molar-refractivity contribution is 5.96. The number of carbonyl (C=O) groups excluding carboxylic acids is 2. The lowest BCUT2D eigenvalue weighted by Gasteiger charge is -2.47. The van der Waals surface area contributed by atoms with Crippen molar-refractivity contribution in [2.45, 2.75) is 106 Å². The summed E-state index contributed by atoms with van der Waals surface area (Å²) in [4.78, 5) is 29.1. The van der Waals surface area contributed by atoms with E-state index in [1.54, 1.807) is 18.2 Å². The molecule has 0 bridgehead atoms. The zero-order valence-corrected chi connectivity index (χ0v) is 26.7. The van der Waals surface area contributed by atoms with Crippen molar-refractivity contribution in [2.24, 2.45) is 0 Å². The average Bonchev–Trinajstić information content (AvgIpc) is 3.09. The van der Waals surface area contributed by atoms with Crippen molar-refractivity contribution in [3.63, 3.8) is 0 Å². The van der Waals surface area contributed by atoms with Gasteiger partial charge in [0, 0.05) is 18.4 Å². The van der Waals surface area contributed by atoms with Gasteiger partial charge < -0.3 is 64.7 Å². The number of fused-ring (bicyclic) bond motifs is 1. The van der Waals surface area contributed by atoms with E-state index in [2.05, 4.69) is 15.0 Å². The molecule has 0 saturated carbocycles. The van der Waals surface area contributed by atoms with Gasteiger partial charge in [0.05, 0.1) is 20.3 Å². The Morgan fingerprint density at radius 2 is 1.50 bits per heavy atom. The normalized spacial score (nSPS) is 30.6. The lowest BCUT2D eigenvalue weighted by Crippen LogP contribution is -2.68. The number of aromatic nitrogens is 1. The highest BCUT2D eigenvalue weighted by Crippen LogP contribution is 2.30. The summed E-state index contributed by atoms with van der Waals surface area (Å²) < 4.78 is 27.9. The molecule has 2 aliphatic heterocycles. The lowest BCUT2D eigenvalue weighted by molar-refractivity contribution is -0.344. The van der Waals surface area contributed by atoms with Crippen LogP contribution in [0.2, 0.25) is 0 Å². The quantitative estimate of drug-likeness (QED) is 0.0800. The number of nitrogens with zero attached hydrogens (tertiary/aromatic N) is 1. The van der Waals surface area contributed by atoms with E-state index in [9.17, 15) is 45.3 Å². The molecule has 2 fully saturated rings. The van der Waals surface area contributed by atoms with Crippen molar-refractivity contribution in [2.75, 3.05) is 26.9 Å². The van der Waals surface area contributed by atoms with E-state index in [0.29, 0.717) is 18.2 Å². The number of pyridine rings is 1. The average molecular weight is 683 g/mol. The number of unbranched alkanes of at least 4 members (excludes halogenated alkanes) is 5. The molecule has 7 unspecified atom stereocenters. The van der Waals surface area contributed by atoms with Crippen LogP contribution in [0.5, 0.6) is 5.75 Å². The number of rotatable bonds is 16. The molecule has 16 heteroatoms. The maximum atomic E-state index is 13.6. The molecular weight excluding hydrogens is 636 g/mol. The van der Waals surface area contributed by atoms with Gasteiger partial charge in [-0.2, -0.15) is 0 Å². The van der Waals surface area contributed by atoms with E-state index < -0.39 is 80.5 Å². The number of hydrogen-bond acceptors (Lipinski definition) is 15. The number of hydrogen-bond donors (Lipinski definition) is 8. The fourth-order valence-corrected chi connectivity index (χ4v) is 5.72. The van der Waals surface area contributed by atoms with Crippen LogP contribution in [0.15, 0.2) is 30.3 Å². The number of para-hydroxylation sites is 1. The van der Waals surface area contributed by atoms with Crippen LogP contribution in [-0.2, 0) is 28.5 Å². The smallest absolute Gasteiger partial charge is 0.305 e. The Morgan fingerprint density at radius 1 is 0.833 bits per heavy atom. The number of nitrogens with one attached hydrogen (secondary N) is 1. The monoisotopic (exact) mass is 682 g/mol. The zero-order chi connectivity index (χ0) is 34.8. The molecule has 2 aliphatic rings. The number of methoxy groups -OCH3 is 1. The van der Waals surface area contributed by atoms with Gasteiger partial charge in [0.25, 0.3) is 5.91 Å². The number of carbonyl (C=O) groups is 2. The molecule has 0 spiro atoms. The second-order valence-corrected chi connectivity index (χ2v) is 11.9. The minimum Gasteiger partial charge on any atom is -0.506 e. The van der Waals surface area contributed by atoms with Crippen LogP contribution in [0, 0.1) is 0 Å². The Kier molecular flexibility index (Phi) is 14.2. The summed E-state index contributed by atoms with van der Waals surface area (Å²) in [5.74, 6) is -1.14. The summed E-state index contributed by atoms with van der Waals surface area (Å²) in [6, 6.07) is 6.49. The third kappa shape index (κ3) is 9.35. The lowest BCUT2D eigenvalue weighted by atomic mass is 9.95. The number of aromatic hydroxyl groups is 1. The van der Waals surface area contributed by atoms with E-state index in [-0.39, 0.29) is 29.5 Å². The number of aliphatic hydroxyl groups is 6. The Balaban J connectivity index is 1.50. The van der Waals surface area contributed by atoms with Crippen molar-refractivity contribution in [3.05, 3.63) is 36.0 Å². The first-order valence-corrected chi connectivity index (χ1v) is 16.1. The molecule has 1 aromatic carbocycles. The second kappa shape index (κ2) is 18.1. The summed E-state index contributed by atoms with van der Waals surface area (Å²) in [6.45, 7) is -1.24. The van der Waals surface area contributed by atoms with Crippen LogP contribution in [0.3, 0.4) is 0 Å². The predicted molar refractivity (Wildman–Crippen MR) is 165 cm³/mol. The third-order valence-corrected chi connectivity index (χ3v) is 8.51. The molecule has 2 aromatic rings. The molecule has 2 saturated heterocycles. The van der Waals surface area contributed by atoms with Gasteiger partial charge in [0.15, 0.2) is 12.6 Å². The van der Waals surface area contributed by atoms with E-state index in [0.717, 1.165) is 32.1 Å². The number of esters is 1. The van der Waals surface area contributed by atoms with Gasteiger partial charge in [0.1, 0.15) is 65.7 Å². The van der Waals surface area contributed by atoms with Gasteiger partial charge >= 0.3 is 5.97 Å². The van der Waals surface area contributed by atoms with E-state index in [1.165, 1.54) is 19.2 Å². The minimum absolute atomic E-state index is 0.0969. The summed E-state index contributed by atoms with van der Waals surface area (Å²) in [7, 11) is 1.35. The van der Waals surface area contributed by atoms with E-state index in [4.69, 9.17) is 18.9 Å². The van der Waals surface area contributed by atoms with Gasteiger partial charge in [-0.1, -0.05) is 43.9 Å². The Hall–Kier alpha value is -3.03. The fraction of sp³-hybridized carbons (Fsp3) is 0.656. The Labute approximate surface area is 277 Å². The van der Waals surface area contributed by atoms with Crippen LogP contribution < -0.4 is 5.32 Å². The second-order valence-electron chi connectivity index (χ2n) is 11.9. The SMILES string of the molecule is COC(=O)CCCCCCCCO[C@@H]1OC(CO)[C@H](O)C(OC2OC(CO)[C@@H](O)C(O)C2O)C1NC(=O)c1ccc2cccc(O)c2n1. The molecular formula is C32H46N2O14. The molecule has 16 nitrogen and oxygen atoms in total. The highest BCUT2D eigenvalue weighted by Gasteiger charge is 2.51.